The fraction of sp³-hybridized carbons (Fsp3) is 0.200. The van der Waals surface area contributed by atoms with Crippen molar-refractivity contribution >= 4 is 41.5 Å². The number of halogens is 1. The summed E-state index contributed by atoms with van der Waals surface area (Å²) in [6.07, 6.45) is 5.36. The molecule has 0 aromatic heterocycles. The molecule has 26 heavy (non-hydrogen) atoms. The largest absolute Gasteiger partial charge is 0.352 e. The summed E-state index contributed by atoms with van der Waals surface area (Å²) in [6.45, 7) is 2.80. The first kappa shape index (κ1) is 21.5. The Morgan fingerprint density at radius 3 is 2.62 bits per heavy atom. The van der Waals surface area contributed by atoms with Crippen molar-refractivity contribution in [2.45, 2.75) is 13.5 Å². The second-order valence-corrected chi connectivity index (χ2v) is 5.48. The fourth-order valence-electron chi connectivity index (χ4n) is 2.26. The Bertz CT molecular complexity index is 811. The van der Waals surface area contributed by atoms with Crippen LogP contribution < -0.4 is 16.0 Å². The van der Waals surface area contributed by atoms with Crippen molar-refractivity contribution in [2.75, 3.05) is 18.9 Å². The first-order chi connectivity index (χ1) is 12.1. The van der Waals surface area contributed by atoms with Gasteiger partial charge in [-0.25, -0.2) is 0 Å². The Morgan fingerprint density at radius 2 is 1.92 bits per heavy atom. The normalized spacial score (nSPS) is 10.3. The SMILES string of the molecule is C#Cc1cccc(NC(=O)CNC(=NC)NCc2ccccc2C)c1.I. The summed E-state index contributed by atoms with van der Waals surface area (Å²) in [6, 6.07) is 15.3. The molecule has 2 aromatic carbocycles. The Kier molecular flexibility index (Phi) is 9.23. The third-order valence-corrected chi connectivity index (χ3v) is 3.66. The highest BCUT2D eigenvalue weighted by atomic mass is 127. The highest BCUT2D eigenvalue weighted by Gasteiger charge is 2.05. The zero-order valence-electron chi connectivity index (χ0n) is 14.9. The van der Waals surface area contributed by atoms with Gasteiger partial charge in [0.1, 0.15) is 0 Å². The van der Waals surface area contributed by atoms with Gasteiger partial charge in [0.25, 0.3) is 0 Å². The quantitative estimate of drug-likeness (QED) is 0.277. The molecule has 0 unspecified atom stereocenters. The number of terminal acetylenes is 1. The van der Waals surface area contributed by atoms with E-state index in [1.165, 1.54) is 11.1 Å². The van der Waals surface area contributed by atoms with E-state index in [1.54, 1.807) is 25.2 Å². The van der Waals surface area contributed by atoms with Crippen LogP contribution >= 0.6 is 24.0 Å². The number of carbonyl (C=O) groups excluding carboxylic acids is 1. The van der Waals surface area contributed by atoms with Gasteiger partial charge in [-0.15, -0.1) is 30.4 Å². The van der Waals surface area contributed by atoms with Gasteiger partial charge in [-0.1, -0.05) is 36.3 Å². The van der Waals surface area contributed by atoms with Crippen LogP contribution in [0.2, 0.25) is 0 Å². The topological polar surface area (TPSA) is 65.5 Å². The fourth-order valence-corrected chi connectivity index (χ4v) is 2.26. The summed E-state index contributed by atoms with van der Waals surface area (Å²) >= 11 is 0. The number of hydrogen-bond acceptors (Lipinski definition) is 2. The van der Waals surface area contributed by atoms with E-state index in [-0.39, 0.29) is 36.4 Å². The third kappa shape index (κ3) is 6.76. The molecule has 0 saturated carbocycles. The maximum atomic E-state index is 12.1. The van der Waals surface area contributed by atoms with Gasteiger partial charge < -0.3 is 16.0 Å². The molecule has 2 aromatic rings. The van der Waals surface area contributed by atoms with Gasteiger partial charge in [0.05, 0.1) is 6.54 Å². The number of carbonyl (C=O) groups is 1. The lowest BCUT2D eigenvalue weighted by molar-refractivity contribution is -0.115. The van der Waals surface area contributed by atoms with Crippen LogP contribution in [0.1, 0.15) is 16.7 Å². The first-order valence-electron chi connectivity index (χ1n) is 7.98. The van der Waals surface area contributed by atoms with Gasteiger partial charge in [0.15, 0.2) is 5.96 Å². The Morgan fingerprint density at radius 1 is 1.15 bits per heavy atom. The van der Waals surface area contributed by atoms with E-state index in [0.29, 0.717) is 18.2 Å². The zero-order valence-corrected chi connectivity index (χ0v) is 17.2. The number of guanidine groups is 1. The van der Waals surface area contributed by atoms with Gasteiger partial charge >= 0.3 is 0 Å². The standard InChI is InChI=1S/C20H22N4O.HI/c1-4-16-9-7-11-18(12-16)24-19(25)14-23-20(21-3)22-13-17-10-6-5-8-15(17)2;/h1,5-12H,13-14H2,2-3H3,(H,24,25)(H2,21,22,23);1H. The van der Waals surface area contributed by atoms with Crippen LogP contribution in [0, 0.1) is 19.3 Å². The van der Waals surface area contributed by atoms with Gasteiger partial charge in [-0.2, -0.15) is 0 Å². The molecule has 0 bridgehead atoms. The predicted octanol–water partition coefficient (Wildman–Crippen LogP) is 2.90. The van der Waals surface area contributed by atoms with Crippen molar-refractivity contribution < 1.29 is 4.79 Å². The predicted molar refractivity (Wildman–Crippen MR) is 118 cm³/mol. The molecule has 0 radical (unpaired) electrons. The van der Waals surface area contributed by atoms with Crippen LogP contribution in [0.25, 0.3) is 0 Å². The van der Waals surface area contributed by atoms with Crippen molar-refractivity contribution in [3.05, 3.63) is 65.2 Å². The molecule has 0 atom stereocenters. The molecule has 3 N–H and O–H groups in total. The summed E-state index contributed by atoms with van der Waals surface area (Å²) in [5.41, 5.74) is 3.78. The average Bonchev–Trinajstić information content (AvgIpc) is 2.63. The van der Waals surface area contributed by atoms with Crippen molar-refractivity contribution in [3.8, 4) is 12.3 Å². The van der Waals surface area contributed by atoms with Crippen LogP contribution in [-0.4, -0.2) is 25.5 Å². The minimum atomic E-state index is -0.173. The molecule has 2 rings (SSSR count). The highest BCUT2D eigenvalue weighted by Crippen LogP contribution is 2.09. The summed E-state index contributed by atoms with van der Waals surface area (Å²) < 4.78 is 0. The summed E-state index contributed by atoms with van der Waals surface area (Å²) in [4.78, 5) is 16.2. The van der Waals surface area contributed by atoms with E-state index in [0.717, 1.165) is 5.56 Å². The number of nitrogens with one attached hydrogen (secondary N) is 3. The smallest absolute Gasteiger partial charge is 0.243 e. The second-order valence-electron chi connectivity index (χ2n) is 5.48. The van der Waals surface area contributed by atoms with E-state index in [1.807, 2.05) is 18.2 Å². The van der Waals surface area contributed by atoms with Gasteiger partial charge in [-0.05, 0) is 36.2 Å². The lowest BCUT2D eigenvalue weighted by Crippen LogP contribution is -2.41. The van der Waals surface area contributed by atoms with Crippen LogP contribution in [0.15, 0.2) is 53.5 Å². The summed E-state index contributed by atoms with van der Waals surface area (Å²) in [5.74, 6) is 2.93. The van der Waals surface area contributed by atoms with Crippen molar-refractivity contribution in [3.63, 3.8) is 0 Å². The lowest BCUT2D eigenvalue weighted by Gasteiger charge is -2.13. The van der Waals surface area contributed by atoms with Crippen LogP contribution in [-0.2, 0) is 11.3 Å². The Hall–Kier alpha value is -2.53. The zero-order chi connectivity index (χ0) is 18.1. The number of nitrogens with zero attached hydrogens (tertiary/aromatic N) is 1. The molecular weight excluding hydrogens is 439 g/mol. The van der Waals surface area contributed by atoms with Crippen LogP contribution in [0.4, 0.5) is 5.69 Å². The Labute approximate surface area is 171 Å². The monoisotopic (exact) mass is 462 g/mol. The van der Waals surface area contributed by atoms with E-state index in [9.17, 15) is 4.79 Å². The van der Waals surface area contributed by atoms with E-state index < -0.39 is 0 Å². The number of aryl methyl sites for hydroxylation is 1. The maximum Gasteiger partial charge on any atom is 0.243 e. The van der Waals surface area contributed by atoms with Crippen molar-refractivity contribution in [1.29, 1.82) is 0 Å². The molecule has 0 aliphatic heterocycles. The first-order valence-corrected chi connectivity index (χ1v) is 7.98. The Balaban J connectivity index is 0.00000338. The molecule has 0 aliphatic rings. The van der Waals surface area contributed by atoms with Gasteiger partial charge in [-0.3, -0.25) is 9.79 Å². The summed E-state index contributed by atoms with van der Waals surface area (Å²) in [7, 11) is 1.67. The number of aliphatic imine (C=N–C) groups is 1. The number of benzene rings is 2. The molecular formula is C20H23IN4O. The van der Waals surface area contributed by atoms with Gasteiger partial charge in [0, 0.05) is 24.8 Å². The molecule has 5 nitrogen and oxygen atoms in total. The molecule has 6 heteroatoms. The lowest BCUT2D eigenvalue weighted by atomic mass is 10.1. The minimum Gasteiger partial charge on any atom is -0.352 e. The van der Waals surface area contributed by atoms with Crippen molar-refractivity contribution in [1.82, 2.24) is 10.6 Å². The molecule has 1 amide bonds. The summed E-state index contributed by atoms with van der Waals surface area (Å²) in [5, 5.41) is 8.99. The second kappa shape index (κ2) is 11.2. The molecule has 136 valence electrons. The van der Waals surface area contributed by atoms with E-state index in [4.69, 9.17) is 6.42 Å². The average molecular weight is 462 g/mol. The number of amides is 1. The van der Waals surface area contributed by atoms with Crippen LogP contribution in [0.5, 0.6) is 0 Å². The van der Waals surface area contributed by atoms with E-state index >= 15 is 0 Å². The molecule has 0 spiro atoms. The minimum absolute atomic E-state index is 0. The molecule has 0 saturated heterocycles. The van der Waals surface area contributed by atoms with Crippen molar-refractivity contribution in [2.24, 2.45) is 4.99 Å². The molecule has 0 fully saturated rings. The number of anilines is 1. The van der Waals surface area contributed by atoms with Gasteiger partial charge in [0.2, 0.25) is 5.91 Å². The molecule has 0 heterocycles. The number of rotatable bonds is 5. The van der Waals surface area contributed by atoms with Crippen LogP contribution in [0.3, 0.4) is 0 Å². The number of hydrogen-bond donors (Lipinski definition) is 3. The van der Waals surface area contributed by atoms with E-state index in [2.05, 4.69) is 45.9 Å². The highest BCUT2D eigenvalue weighted by molar-refractivity contribution is 14.0. The maximum absolute atomic E-state index is 12.1. The third-order valence-electron chi connectivity index (χ3n) is 3.66. The molecule has 0 aliphatic carbocycles.